The zero-order valence-corrected chi connectivity index (χ0v) is 12.3. The Kier molecular flexibility index (Phi) is 3.84. The van der Waals surface area contributed by atoms with Crippen LogP contribution in [0.3, 0.4) is 0 Å². The minimum Gasteiger partial charge on any atom is -0.357 e. The van der Waals surface area contributed by atoms with E-state index in [0.29, 0.717) is 6.54 Å². The second-order valence-corrected chi connectivity index (χ2v) is 5.94. The molecule has 0 unspecified atom stereocenters. The zero-order valence-electron chi connectivity index (χ0n) is 11.5. The molecule has 0 aromatic carbocycles. The topological polar surface area (TPSA) is 41.4 Å². The first-order chi connectivity index (χ1) is 9.72. The summed E-state index contributed by atoms with van der Waals surface area (Å²) in [6, 6.07) is 1.88. The Morgan fingerprint density at radius 3 is 2.75 bits per heavy atom. The summed E-state index contributed by atoms with van der Waals surface area (Å²) in [5, 5.41) is 3.08. The normalized spacial score (nSPS) is 16.6. The summed E-state index contributed by atoms with van der Waals surface area (Å²) in [5.74, 6) is 0.202. The number of hydrogen-bond acceptors (Lipinski definition) is 5. The maximum absolute atomic E-state index is 12.2. The van der Waals surface area contributed by atoms with Gasteiger partial charge >= 0.3 is 0 Å². The van der Waals surface area contributed by atoms with Crippen LogP contribution in [0.4, 0.5) is 5.13 Å². The molecule has 1 aliphatic rings. The lowest BCUT2D eigenvalue weighted by molar-refractivity contribution is 0.0926. The number of carbonyl (C=O) groups is 1. The number of ketones is 1. The van der Waals surface area contributed by atoms with Gasteiger partial charge in [-0.1, -0.05) is 0 Å². The third kappa shape index (κ3) is 2.91. The molecule has 1 fully saturated rings. The van der Waals surface area contributed by atoms with Gasteiger partial charge in [0, 0.05) is 62.8 Å². The Morgan fingerprint density at radius 1 is 1.35 bits per heavy atom. The molecule has 1 aliphatic heterocycles. The predicted octanol–water partition coefficient (Wildman–Crippen LogP) is 1.49. The van der Waals surface area contributed by atoms with Gasteiger partial charge < -0.3 is 9.47 Å². The molecule has 0 radical (unpaired) electrons. The Hall–Kier alpha value is -1.66. The summed E-state index contributed by atoms with van der Waals surface area (Å²) < 4.78 is 1.91. The number of aromatic nitrogens is 2. The van der Waals surface area contributed by atoms with Crippen molar-refractivity contribution in [2.45, 2.75) is 0 Å². The molecule has 0 atom stereocenters. The molecule has 0 bridgehead atoms. The van der Waals surface area contributed by atoms with E-state index in [1.165, 1.54) is 0 Å². The van der Waals surface area contributed by atoms with Crippen molar-refractivity contribution < 1.29 is 4.79 Å². The van der Waals surface area contributed by atoms with E-state index in [1.54, 1.807) is 11.3 Å². The van der Waals surface area contributed by atoms with Crippen molar-refractivity contribution in [3.63, 3.8) is 0 Å². The van der Waals surface area contributed by atoms with E-state index in [-0.39, 0.29) is 5.78 Å². The number of anilines is 1. The van der Waals surface area contributed by atoms with Crippen LogP contribution in [-0.2, 0) is 7.05 Å². The lowest BCUT2D eigenvalue weighted by atomic mass is 10.2. The molecule has 1 saturated heterocycles. The summed E-state index contributed by atoms with van der Waals surface area (Å²) in [4.78, 5) is 21.0. The number of rotatable bonds is 4. The summed E-state index contributed by atoms with van der Waals surface area (Å²) in [7, 11) is 1.93. The van der Waals surface area contributed by atoms with Gasteiger partial charge in [-0.3, -0.25) is 9.69 Å². The van der Waals surface area contributed by atoms with Crippen molar-refractivity contribution in [2.75, 3.05) is 37.6 Å². The molecule has 2 aromatic rings. The van der Waals surface area contributed by atoms with E-state index < -0.39 is 0 Å². The van der Waals surface area contributed by atoms with Gasteiger partial charge in [0.1, 0.15) is 0 Å². The molecule has 5 nitrogen and oxygen atoms in total. The Labute approximate surface area is 122 Å². The molecule has 3 heterocycles. The molecule has 0 amide bonds. The Bertz CT molecular complexity index is 570. The van der Waals surface area contributed by atoms with Crippen LogP contribution in [-0.4, -0.2) is 53.0 Å². The summed E-state index contributed by atoms with van der Waals surface area (Å²) in [6.45, 7) is 4.22. The number of nitrogens with zero attached hydrogens (tertiary/aromatic N) is 4. The molecule has 0 spiro atoms. The second kappa shape index (κ2) is 5.76. The van der Waals surface area contributed by atoms with E-state index in [1.807, 2.05) is 41.7 Å². The highest BCUT2D eigenvalue weighted by Gasteiger charge is 2.21. The highest BCUT2D eigenvalue weighted by Crippen LogP contribution is 2.18. The fourth-order valence-electron chi connectivity index (χ4n) is 2.43. The molecule has 20 heavy (non-hydrogen) atoms. The minimum absolute atomic E-state index is 0.202. The molecule has 3 rings (SSSR count). The van der Waals surface area contributed by atoms with Gasteiger partial charge in [0.05, 0.1) is 6.54 Å². The van der Waals surface area contributed by atoms with E-state index in [2.05, 4.69) is 14.8 Å². The van der Waals surface area contributed by atoms with Crippen LogP contribution in [0.1, 0.15) is 10.4 Å². The number of carbonyl (C=O) groups excluding carboxylic acids is 1. The fourth-order valence-corrected chi connectivity index (χ4v) is 3.13. The third-order valence-electron chi connectivity index (χ3n) is 3.58. The van der Waals surface area contributed by atoms with Crippen LogP contribution in [0.25, 0.3) is 0 Å². The number of piperazine rings is 1. The molecule has 106 valence electrons. The largest absolute Gasteiger partial charge is 0.357 e. The standard InChI is InChI=1S/C14H18N4OS/c1-16-4-2-12(10-16)13(19)11-17-5-7-18(8-6-17)14-15-3-9-20-14/h2-4,9-10H,5-8,11H2,1H3. The molecule has 0 saturated carbocycles. The average molecular weight is 290 g/mol. The molecule has 0 N–H and O–H groups in total. The predicted molar refractivity (Wildman–Crippen MR) is 80.5 cm³/mol. The smallest absolute Gasteiger partial charge is 0.185 e. The van der Waals surface area contributed by atoms with Crippen molar-refractivity contribution in [1.82, 2.24) is 14.5 Å². The number of Topliss-reactive ketones (excluding diaryl/α,β-unsaturated/α-hetero) is 1. The maximum atomic E-state index is 12.2. The quantitative estimate of drug-likeness (QED) is 0.800. The minimum atomic E-state index is 0.202. The summed E-state index contributed by atoms with van der Waals surface area (Å²) >= 11 is 1.67. The van der Waals surface area contributed by atoms with E-state index in [4.69, 9.17) is 0 Å². The van der Waals surface area contributed by atoms with E-state index in [9.17, 15) is 4.79 Å². The monoisotopic (exact) mass is 290 g/mol. The van der Waals surface area contributed by atoms with E-state index in [0.717, 1.165) is 36.9 Å². The Balaban J connectivity index is 1.52. The summed E-state index contributed by atoms with van der Waals surface area (Å²) in [6.07, 6.45) is 5.63. The van der Waals surface area contributed by atoms with Gasteiger partial charge in [-0.05, 0) is 6.07 Å². The van der Waals surface area contributed by atoms with Gasteiger partial charge in [-0.25, -0.2) is 4.98 Å². The molecule has 0 aliphatic carbocycles. The lowest BCUT2D eigenvalue weighted by Gasteiger charge is -2.34. The highest BCUT2D eigenvalue weighted by atomic mass is 32.1. The molecule has 2 aromatic heterocycles. The fraction of sp³-hybridized carbons (Fsp3) is 0.429. The summed E-state index contributed by atoms with van der Waals surface area (Å²) in [5.41, 5.74) is 0.801. The number of thiazole rings is 1. The van der Waals surface area contributed by atoms with Gasteiger partial charge in [-0.2, -0.15) is 0 Å². The molecule has 6 heteroatoms. The van der Waals surface area contributed by atoms with Crippen LogP contribution < -0.4 is 4.90 Å². The maximum Gasteiger partial charge on any atom is 0.185 e. The first-order valence-electron chi connectivity index (χ1n) is 6.74. The van der Waals surface area contributed by atoms with Crippen LogP contribution in [0.5, 0.6) is 0 Å². The first kappa shape index (κ1) is 13.3. The van der Waals surface area contributed by atoms with Crippen molar-refractivity contribution in [3.05, 3.63) is 35.6 Å². The lowest BCUT2D eigenvalue weighted by Crippen LogP contribution is -2.47. The van der Waals surface area contributed by atoms with Gasteiger partial charge in [0.15, 0.2) is 10.9 Å². The second-order valence-electron chi connectivity index (χ2n) is 5.07. The first-order valence-corrected chi connectivity index (χ1v) is 7.62. The van der Waals surface area contributed by atoms with Crippen LogP contribution in [0, 0.1) is 0 Å². The number of hydrogen-bond donors (Lipinski definition) is 0. The van der Waals surface area contributed by atoms with Crippen molar-refractivity contribution >= 4 is 22.3 Å². The van der Waals surface area contributed by atoms with Gasteiger partial charge in [0.2, 0.25) is 0 Å². The van der Waals surface area contributed by atoms with Gasteiger partial charge in [0.25, 0.3) is 0 Å². The zero-order chi connectivity index (χ0) is 13.9. The third-order valence-corrected chi connectivity index (χ3v) is 4.42. The van der Waals surface area contributed by atoms with Crippen molar-refractivity contribution in [2.24, 2.45) is 7.05 Å². The van der Waals surface area contributed by atoms with Crippen LogP contribution >= 0.6 is 11.3 Å². The van der Waals surface area contributed by atoms with Crippen molar-refractivity contribution in [1.29, 1.82) is 0 Å². The molecular weight excluding hydrogens is 272 g/mol. The van der Waals surface area contributed by atoms with E-state index >= 15 is 0 Å². The molecular formula is C14H18N4OS. The SMILES string of the molecule is Cn1ccc(C(=O)CN2CCN(c3nccs3)CC2)c1. The Morgan fingerprint density at radius 2 is 2.15 bits per heavy atom. The van der Waals surface area contributed by atoms with Crippen molar-refractivity contribution in [3.8, 4) is 0 Å². The van der Waals surface area contributed by atoms with Gasteiger partial charge in [-0.15, -0.1) is 11.3 Å². The van der Waals surface area contributed by atoms with Crippen LogP contribution in [0.15, 0.2) is 30.0 Å². The highest BCUT2D eigenvalue weighted by molar-refractivity contribution is 7.13. The average Bonchev–Trinajstić information content (AvgIpc) is 3.10. The van der Waals surface area contributed by atoms with Crippen LogP contribution in [0.2, 0.25) is 0 Å². The number of aryl methyl sites for hydroxylation is 1.